The van der Waals surface area contributed by atoms with Crippen molar-refractivity contribution in [1.29, 1.82) is 0 Å². The van der Waals surface area contributed by atoms with Crippen LogP contribution >= 0.6 is 0 Å². The molecule has 0 fully saturated rings. The smallest absolute Gasteiger partial charge is 0.317 e. The van der Waals surface area contributed by atoms with E-state index >= 15 is 0 Å². The summed E-state index contributed by atoms with van der Waals surface area (Å²) in [7, 11) is 0. The van der Waals surface area contributed by atoms with E-state index in [1.165, 1.54) is 0 Å². The van der Waals surface area contributed by atoms with Crippen LogP contribution in [0.3, 0.4) is 0 Å². The van der Waals surface area contributed by atoms with Gasteiger partial charge >= 0.3 is 6.18 Å². The van der Waals surface area contributed by atoms with Crippen LogP contribution in [-0.4, -0.2) is 6.54 Å². The average molecular weight is 217 g/mol. The SMILES string of the molecule is [C-]#[N+]CCc1ccc(F)cc1C(F)(F)F. The van der Waals surface area contributed by atoms with Gasteiger partial charge in [0, 0.05) is 6.42 Å². The topological polar surface area (TPSA) is 4.36 Å². The summed E-state index contributed by atoms with van der Waals surface area (Å²) in [4.78, 5) is 2.97. The van der Waals surface area contributed by atoms with Crippen molar-refractivity contribution in [2.24, 2.45) is 0 Å². The lowest BCUT2D eigenvalue weighted by Gasteiger charge is -2.10. The molecule has 0 saturated heterocycles. The Bertz CT molecular complexity index is 389. The molecule has 1 aromatic carbocycles. The lowest BCUT2D eigenvalue weighted by molar-refractivity contribution is -0.138. The van der Waals surface area contributed by atoms with Crippen molar-refractivity contribution < 1.29 is 17.6 Å². The van der Waals surface area contributed by atoms with E-state index in [1.54, 1.807) is 0 Å². The second-order valence-electron chi connectivity index (χ2n) is 2.93. The number of nitrogens with zero attached hydrogens (tertiary/aromatic N) is 1. The average Bonchev–Trinajstić information content (AvgIpc) is 2.14. The number of alkyl halides is 3. The summed E-state index contributed by atoms with van der Waals surface area (Å²) in [5, 5.41) is 0. The Kier molecular flexibility index (Phi) is 3.30. The van der Waals surface area contributed by atoms with Gasteiger partial charge in [-0.1, -0.05) is 6.07 Å². The van der Waals surface area contributed by atoms with E-state index in [-0.39, 0.29) is 18.5 Å². The Morgan fingerprint density at radius 2 is 1.93 bits per heavy atom. The van der Waals surface area contributed by atoms with Gasteiger partial charge in [0.25, 0.3) is 0 Å². The lowest BCUT2D eigenvalue weighted by atomic mass is 10.0. The Hall–Kier alpha value is -1.57. The number of halogens is 4. The highest BCUT2D eigenvalue weighted by atomic mass is 19.4. The van der Waals surface area contributed by atoms with Crippen molar-refractivity contribution in [2.45, 2.75) is 12.6 Å². The van der Waals surface area contributed by atoms with Gasteiger partial charge in [0.1, 0.15) is 5.82 Å². The second-order valence-corrected chi connectivity index (χ2v) is 2.93. The molecule has 0 N–H and O–H groups in total. The molecule has 0 spiro atoms. The van der Waals surface area contributed by atoms with Crippen molar-refractivity contribution in [1.82, 2.24) is 0 Å². The first kappa shape index (κ1) is 11.5. The van der Waals surface area contributed by atoms with E-state index in [0.717, 1.165) is 12.1 Å². The van der Waals surface area contributed by atoms with Gasteiger partial charge in [-0.2, -0.15) is 13.2 Å². The number of rotatable bonds is 2. The zero-order valence-electron chi connectivity index (χ0n) is 7.61. The van der Waals surface area contributed by atoms with E-state index in [1.807, 2.05) is 0 Å². The van der Waals surface area contributed by atoms with Crippen LogP contribution in [0.2, 0.25) is 0 Å². The normalized spacial score (nSPS) is 11.1. The van der Waals surface area contributed by atoms with Crippen LogP contribution < -0.4 is 0 Å². The fraction of sp³-hybridized carbons (Fsp3) is 0.300. The minimum Gasteiger partial charge on any atom is -0.317 e. The molecule has 0 aliphatic rings. The zero-order valence-corrected chi connectivity index (χ0v) is 7.61. The molecule has 0 atom stereocenters. The van der Waals surface area contributed by atoms with Gasteiger partial charge in [-0.15, -0.1) is 0 Å². The predicted molar refractivity (Wildman–Crippen MR) is 46.6 cm³/mol. The maximum absolute atomic E-state index is 12.6. The van der Waals surface area contributed by atoms with E-state index < -0.39 is 17.6 Å². The monoisotopic (exact) mass is 217 g/mol. The molecule has 0 aliphatic carbocycles. The summed E-state index contributed by atoms with van der Waals surface area (Å²) in [6.07, 6.45) is -4.59. The Labute approximate surface area is 84.2 Å². The molecule has 1 rings (SSSR count). The van der Waals surface area contributed by atoms with Gasteiger partial charge in [0.2, 0.25) is 6.54 Å². The summed E-state index contributed by atoms with van der Waals surface area (Å²) in [6, 6.07) is 2.50. The molecule has 0 radical (unpaired) electrons. The number of hydrogen-bond donors (Lipinski definition) is 0. The van der Waals surface area contributed by atoms with Gasteiger partial charge in [-0.3, -0.25) is 0 Å². The zero-order chi connectivity index (χ0) is 11.5. The van der Waals surface area contributed by atoms with Crippen molar-refractivity contribution in [3.05, 3.63) is 46.6 Å². The molecule has 0 aliphatic heterocycles. The standard InChI is InChI=1S/C10H7F4N/c1-15-5-4-7-2-3-8(11)6-9(7)10(12,13)14/h2-3,6H,4-5H2. The molecular formula is C10H7F4N. The summed E-state index contributed by atoms with van der Waals surface area (Å²) >= 11 is 0. The van der Waals surface area contributed by atoms with Gasteiger partial charge in [-0.05, 0) is 17.7 Å². The third-order valence-electron chi connectivity index (χ3n) is 1.87. The van der Waals surface area contributed by atoms with Gasteiger partial charge < -0.3 is 4.85 Å². The molecule has 0 unspecified atom stereocenters. The molecule has 1 aromatic rings. The molecule has 0 heterocycles. The quantitative estimate of drug-likeness (QED) is 0.528. The van der Waals surface area contributed by atoms with E-state index in [2.05, 4.69) is 4.85 Å². The highest BCUT2D eigenvalue weighted by Crippen LogP contribution is 2.32. The summed E-state index contributed by atoms with van der Waals surface area (Å²) in [6.45, 7) is 6.46. The van der Waals surface area contributed by atoms with E-state index in [4.69, 9.17) is 6.57 Å². The third kappa shape index (κ3) is 2.94. The summed E-state index contributed by atoms with van der Waals surface area (Å²) in [5.41, 5.74) is -1.04. The Morgan fingerprint density at radius 3 is 2.47 bits per heavy atom. The van der Waals surface area contributed by atoms with Gasteiger partial charge in [-0.25, -0.2) is 11.0 Å². The molecule has 0 aromatic heterocycles. The second kappa shape index (κ2) is 4.30. The lowest BCUT2D eigenvalue weighted by Crippen LogP contribution is -2.10. The predicted octanol–water partition coefficient (Wildman–Crippen LogP) is 3.31. The highest BCUT2D eigenvalue weighted by molar-refractivity contribution is 5.30. The molecular weight excluding hydrogens is 210 g/mol. The highest BCUT2D eigenvalue weighted by Gasteiger charge is 2.33. The van der Waals surface area contributed by atoms with Gasteiger partial charge in [0.15, 0.2) is 0 Å². The first-order chi connectivity index (χ1) is 6.95. The molecule has 0 amide bonds. The van der Waals surface area contributed by atoms with Crippen LogP contribution in [0, 0.1) is 12.4 Å². The van der Waals surface area contributed by atoms with Crippen molar-refractivity contribution >= 4 is 0 Å². The Balaban J connectivity index is 3.10. The minimum absolute atomic E-state index is 0.0153. The third-order valence-corrected chi connectivity index (χ3v) is 1.87. The summed E-state index contributed by atoms with van der Waals surface area (Å²) in [5.74, 6) is -0.922. The van der Waals surface area contributed by atoms with Gasteiger partial charge in [0.05, 0.1) is 5.56 Å². The maximum atomic E-state index is 12.6. The fourth-order valence-corrected chi connectivity index (χ4v) is 1.21. The number of hydrogen-bond acceptors (Lipinski definition) is 0. The molecule has 1 nitrogen and oxygen atoms in total. The van der Waals surface area contributed by atoms with Crippen LogP contribution in [0.15, 0.2) is 18.2 Å². The molecule has 5 heteroatoms. The number of benzene rings is 1. The van der Waals surface area contributed by atoms with E-state index in [0.29, 0.717) is 6.07 Å². The van der Waals surface area contributed by atoms with Crippen LogP contribution in [-0.2, 0) is 12.6 Å². The first-order valence-electron chi connectivity index (χ1n) is 4.14. The van der Waals surface area contributed by atoms with Crippen LogP contribution in [0.5, 0.6) is 0 Å². The maximum Gasteiger partial charge on any atom is 0.416 e. The minimum atomic E-state index is -4.57. The molecule has 80 valence electrons. The summed E-state index contributed by atoms with van der Waals surface area (Å²) < 4.78 is 49.9. The largest absolute Gasteiger partial charge is 0.416 e. The van der Waals surface area contributed by atoms with Crippen LogP contribution in [0.1, 0.15) is 11.1 Å². The van der Waals surface area contributed by atoms with Crippen LogP contribution in [0.4, 0.5) is 17.6 Å². The molecule has 0 saturated carbocycles. The molecule has 15 heavy (non-hydrogen) atoms. The first-order valence-corrected chi connectivity index (χ1v) is 4.14. The van der Waals surface area contributed by atoms with Crippen LogP contribution in [0.25, 0.3) is 4.85 Å². The van der Waals surface area contributed by atoms with Crippen molar-refractivity contribution in [2.75, 3.05) is 6.54 Å². The van der Waals surface area contributed by atoms with Crippen molar-refractivity contribution in [3.63, 3.8) is 0 Å². The fourth-order valence-electron chi connectivity index (χ4n) is 1.21. The Morgan fingerprint density at radius 1 is 1.27 bits per heavy atom. The molecule has 0 bridgehead atoms. The van der Waals surface area contributed by atoms with E-state index in [9.17, 15) is 17.6 Å². The van der Waals surface area contributed by atoms with Crippen molar-refractivity contribution in [3.8, 4) is 0 Å².